The summed E-state index contributed by atoms with van der Waals surface area (Å²) in [7, 11) is 9.33. The maximum Gasteiger partial charge on any atom is 0.186 e. The summed E-state index contributed by atoms with van der Waals surface area (Å²) in [4.78, 5) is 0. The highest BCUT2D eigenvalue weighted by Crippen LogP contribution is 2.39. The molecule has 0 aliphatic carbocycles. The summed E-state index contributed by atoms with van der Waals surface area (Å²) in [6.07, 6.45) is -1.33. The minimum atomic E-state index is -0.743. The van der Waals surface area contributed by atoms with Gasteiger partial charge in [-0.25, -0.2) is 0 Å². The summed E-state index contributed by atoms with van der Waals surface area (Å²) in [5.74, 6) is 0. The Morgan fingerprint density at radius 1 is 0.939 bits per heavy atom. The normalized spacial score (nSPS) is 31.8. The Labute approximate surface area is 198 Å². The van der Waals surface area contributed by atoms with E-state index in [-0.39, 0.29) is 24.4 Å². The molecule has 7 unspecified atom stereocenters. The van der Waals surface area contributed by atoms with Crippen LogP contribution in [0.3, 0.4) is 0 Å². The molecule has 184 valence electrons. The lowest BCUT2D eigenvalue weighted by atomic mass is 9.80. The highest BCUT2D eigenvalue weighted by atomic mass is 16.8. The quantitative estimate of drug-likeness (QED) is 0.473. The van der Waals surface area contributed by atoms with E-state index in [9.17, 15) is 0 Å². The fourth-order valence-electron chi connectivity index (χ4n) is 4.12. The molecule has 1 aromatic rings. The van der Waals surface area contributed by atoms with Gasteiger partial charge in [0.15, 0.2) is 12.6 Å². The third kappa shape index (κ3) is 6.99. The van der Waals surface area contributed by atoms with Crippen LogP contribution < -0.4 is 5.73 Å². The van der Waals surface area contributed by atoms with E-state index < -0.39 is 23.7 Å². The average molecular weight is 463 g/mol. The van der Waals surface area contributed by atoms with Gasteiger partial charge in [-0.05, 0) is 40.2 Å². The van der Waals surface area contributed by atoms with E-state index in [0.29, 0.717) is 32.6 Å². The largest absolute Gasteiger partial charge is 0.385 e. The number of nitrogens with two attached hydrogens (primary N) is 1. The maximum absolute atomic E-state index is 6.31. The Bertz CT molecular complexity index is 720. The summed E-state index contributed by atoms with van der Waals surface area (Å²) in [5.41, 5.74) is 5.32. The Kier molecular flexibility index (Phi) is 9.34. The van der Waals surface area contributed by atoms with Crippen molar-refractivity contribution in [3.63, 3.8) is 0 Å². The van der Waals surface area contributed by atoms with Gasteiger partial charge in [0, 0.05) is 31.9 Å². The average Bonchev–Trinajstić information content (AvgIpc) is 3.15. The first-order chi connectivity index (χ1) is 15.7. The summed E-state index contributed by atoms with van der Waals surface area (Å²) in [6.45, 7) is 7.12. The second kappa shape index (κ2) is 11.6. The molecule has 0 aromatic heterocycles. The van der Waals surface area contributed by atoms with Gasteiger partial charge in [0.05, 0.1) is 12.2 Å². The van der Waals surface area contributed by atoms with Crippen LogP contribution in [0.2, 0.25) is 0 Å². The van der Waals surface area contributed by atoms with Gasteiger partial charge in [0.1, 0.15) is 32.3 Å². The zero-order chi connectivity index (χ0) is 24.1. The molecule has 2 N–H and O–H groups in total. The van der Waals surface area contributed by atoms with E-state index in [0.717, 1.165) is 5.56 Å². The van der Waals surface area contributed by atoms with E-state index >= 15 is 0 Å². The second-order valence-electron chi connectivity index (χ2n) is 9.44. The first kappa shape index (κ1) is 26.6. The molecule has 8 nitrogen and oxygen atoms in total. The number of methoxy groups -OCH3 is 2. The van der Waals surface area contributed by atoms with E-state index in [1.54, 1.807) is 14.2 Å². The molecule has 0 bridgehead atoms. The van der Waals surface area contributed by atoms with Gasteiger partial charge in [0.2, 0.25) is 0 Å². The first-order valence-electron chi connectivity index (χ1n) is 11.5. The highest BCUT2D eigenvalue weighted by Gasteiger charge is 2.54. The summed E-state index contributed by atoms with van der Waals surface area (Å²) in [6, 6.07) is 9.81. The molecule has 33 heavy (non-hydrogen) atoms. The predicted octanol–water partition coefficient (Wildman–Crippen LogP) is 2.29. The monoisotopic (exact) mass is 463 g/mol. The van der Waals surface area contributed by atoms with Crippen LogP contribution in [0.25, 0.3) is 0 Å². The molecule has 1 aromatic carbocycles. The number of hydrogen-bond donors (Lipinski definition) is 1. The van der Waals surface area contributed by atoms with Crippen molar-refractivity contribution in [1.29, 1.82) is 0 Å². The predicted molar refractivity (Wildman–Crippen MR) is 124 cm³/mol. The number of benzene rings is 1. The SMILES string of the molecule is [B]C(C)(CCN)OCCC(C)(C)OCC1OC(c2ccccc2)OC2C1OC(OC)C2OC. The van der Waals surface area contributed by atoms with E-state index in [1.807, 2.05) is 51.1 Å². The van der Waals surface area contributed by atoms with Crippen LogP contribution in [0.4, 0.5) is 0 Å². The van der Waals surface area contributed by atoms with Crippen molar-refractivity contribution < 1.29 is 33.2 Å². The number of hydrogen-bond acceptors (Lipinski definition) is 8. The minimum absolute atomic E-state index is 0.316. The van der Waals surface area contributed by atoms with Crippen molar-refractivity contribution in [2.24, 2.45) is 5.73 Å². The molecule has 2 radical (unpaired) electrons. The Morgan fingerprint density at radius 3 is 2.30 bits per heavy atom. The van der Waals surface area contributed by atoms with Crippen molar-refractivity contribution in [3.8, 4) is 0 Å². The van der Waals surface area contributed by atoms with Crippen molar-refractivity contribution in [2.75, 3.05) is 34.0 Å². The molecule has 2 aliphatic rings. The Hall–Kier alpha value is -1.04. The number of rotatable bonds is 12. The minimum Gasteiger partial charge on any atom is -0.385 e. The lowest BCUT2D eigenvalue weighted by molar-refractivity contribution is -0.298. The summed E-state index contributed by atoms with van der Waals surface area (Å²) >= 11 is 0. The van der Waals surface area contributed by atoms with Crippen LogP contribution in [0, 0.1) is 0 Å². The van der Waals surface area contributed by atoms with E-state index in [4.69, 9.17) is 46.7 Å². The van der Waals surface area contributed by atoms with Gasteiger partial charge < -0.3 is 38.9 Å². The van der Waals surface area contributed by atoms with E-state index in [1.165, 1.54) is 0 Å². The molecule has 2 aliphatic heterocycles. The van der Waals surface area contributed by atoms with Crippen LogP contribution in [-0.4, -0.2) is 83.6 Å². The number of ether oxygens (including phenoxy) is 7. The third-order valence-corrected chi connectivity index (χ3v) is 6.14. The number of fused-ring (bicyclic) bond motifs is 1. The van der Waals surface area contributed by atoms with Gasteiger partial charge in [-0.2, -0.15) is 0 Å². The molecular formula is C24H38BNO7. The van der Waals surface area contributed by atoms with Gasteiger partial charge in [0.25, 0.3) is 0 Å². The summed E-state index contributed by atoms with van der Waals surface area (Å²) < 4.78 is 41.9. The van der Waals surface area contributed by atoms with Gasteiger partial charge >= 0.3 is 0 Å². The Balaban J connectivity index is 1.65. The molecule has 0 amide bonds. The third-order valence-electron chi connectivity index (χ3n) is 6.14. The molecular weight excluding hydrogens is 425 g/mol. The zero-order valence-corrected chi connectivity index (χ0v) is 20.4. The van der Waals surface area contributed by atoms with Gasteiger partial charge in [-0.1, -0.05) is 30.3 Å². The van der Waals surface area contributed by atoms with Crippen molar-refractivity contribution in [1.82, 2.24) is 0 Å². The van der Waals surface area contributed by atoms with Crippen LogP contribution in [0.15, 0.2) is 30.3 Å². The fraction of sp³-hybridized carbons (Fsp3) is 0.750. The highest BCUT2D eigenvalue weighted by molar-refractivity contribution is 6.14. The molecule has 9 heteroatoms. The maximum atomic E-state index is 6.31. The molecule has 3 rings (SSSR count). The Morgan fingerprint density at radius 2 is 1.67 bits per heavy atom. The topological polar surface area (TPSA) is 90.6 Å². The van der Waals surface area contributed by atoms with Gasteiger partial charge in [-0.15, -0.1) is 0 Å². The van der Waals surface area contributed by atoms with Crippen LogP contribution >= 0.6 is 0 Å². The fourth-order valence-corrected chi connectivity index (χ4v) is 4.12. The molecule has 0 saturated carbocycles. The van der Waals surface area contributed by atoms with Crippen LogP contribution in [0.1, 0.15) is 45.5 Å². The summed E-state index contributed by atoms with van der Waals surface area (Å²) in [5, 5.41) is 0. The van der Waals surface area contributed by atoms with Crippen LogP contribution in [-0.2, 0) is 33.2 Å². The van der Waals surface area contributed by atoms with Crippen molar-refractivity contribution >= 4 is 7.85 Å². The van der Waals surface area contributed by atoms with E-state index in [2.05, 4.69) is 0 Å². The standard InChI is InChI=1S/C24H38BNO7/c1-23(2,12-14-29-24(3,25)11-13-26)30-15-17-18-19(20(27-4)22(28-5)32-18)33-21(31-17)16-9-7-6-8-10-16/h6-10,17-22H,11-15,26H2,1-5H3. The molecule has 2 saturated heterocycles. The molecule has 0 spiro atoms. The lowest BCUT2D eigenvalue weighted by Crippen LogP contribution is -2.51. The van der Waals surface area contributed by atoms with Crippen LogP contribution in [0.5, 0.6) is 0 Å². The zero-order valence-electron chi connectivity index (χ0n) is 20.4. The molecule has 2 fully saturated rings. The van der Waals surface area contributed by atoms with Gasteiger partial charge in [-0.3, -0.25) is 0 Å². The molecule has 2 heterocycles. The van der Waals surface area contributed by atoms with Crippen molar-refractivity contribution in [2.45, 2.75) is 81.7 Å². The first-order valence-corrected chi connectivity index (χ1v) is 11.5. The second-order valence-corrected chi connectivity index (χ2v) is 9.44. The van der Waals surface area contributed by atoms with Crippen molar-refractivity contribution in [3.05, 3.63) is 35.9 Å². The molecule has 7 atom stereocenters. The smallest absolute Gasteiger partial charge is 0.186 e. The lowest BCUT2D eigenvalue weighted by Gasteiger charge is -2.40.